The molecule has 1 fully saturated rings. The van der Waals surface area contributed by atoms with Crippen LogP contribution in [0.25, 0.3) is 0 Å². The lowest BCUT2D eigenvalue weighted by Gasteiger charge is -2.33. The maximum Gasteiger partial charge on any atom is 0.225 e. The molecule has 0 aliphatic carbocycles. The van der Waals surface area contributed by atoms with Crippen molar-refractivity contribution in [3.05, 3.63) is 90.3 Å². The molecule has 1 atom stereocenters. The van der Waals surface area contributed by atoms with Crippen LogP contribution < -0.4 is 10.2 Å². The van der Waals surface area contributed by atoms with E-state index in [1.807, 2.05) is 18.2 Å². The van der Waals surface area contributed by atoms with E-state index in [9.17, 15) is 4.79 Å². The molecule has 0 spiro atoms. The minimum atomic E-state index is -0.00205. The minimum absolute atomic E-state index is 0.00205. The molecule has 5 nitrogen and oxygen atoms in total. The van der Waals surface area contributed by atoms with E-state index in [2.05, 4.69) is 75.6 Å². The van der Waals surface area contributed by atoms with E-state index in [0.29, 0.717) is 0 Å². The Morgan fingerprint density at radius 1 is 0.900 bits per heavy atom. The molecule has 3 aromatic rings. The third kappa shape index (κ3) is 4.67. The van der Waals surface area contributed by atoms with Gasteiger partial charge in [-0.05, 0) is 37.0 Å². The van der Waals surface area contributed by atoms with Crippen LogP contribution in [0.1, 0.15) is 36.8 Å². The Morgan fingerprint density at radius 2 is 1.43 bits per heavy atom. The van der Waals surface area contributed by atoms with E-state index in [1.54, 1.807) is 12.4 Å². The number of hydrogen-bond donors (Lipinski definition) is 1. The van der Waals surface area contributed by atoms with Crippen LogP contribution in [0.3, 0.4) is 0 Å². The van der Waals surface area contributed by atoms with E-state index in [-0.39, 0.29) is 23.8 Å². The van der Waals surface area contributed by atoms with Crippen LogP contribution in [0.15, 0.2) is 79.1 Å². The lowest BCUT2D eigenvalue weighted by Crippen LogP contribution is -2.45. The molecule has 2 aromatic carbocycles. The maximum absolute atomic E-state index is 13.1. The van der Waals surface area contributed by atoms with Crippen molar-refractivity contribution in [1.29, 1.82) is 0 Å². The number of carbonyl (C=O) groups excluding carboxylic acids is 1. The summed E-state index contributed by atoms with van der Waals surface area (Å²) in [5.41, 5.74) is 2.43. The zero-order valence-electron chi connectivity index (χ0n) is 17.3. The van der Waals surface area contributed by atoms with Crippen molar-refractivity contribution in [3.8, 4) is 0 Å². The van der Waals surface area contributed by atoms with Gasteiger partial charge in [-0.2, -0.15) is 0 Å². The number of aromatic nitrogens is 2. The summed E-state index contributed by atoms with van der Waals surface area (Å²) in [5.74, 6) is 1.04. The largest absolute Gasteiger partial charge is 0.352 e. The molecule has 1 N–H and O–H groups in total. The summed E-state index contributed by atoms with van der Waals surface area (Å²) in [5, 5.41) is 3.31. The van der Waals surface area contributed by atoms with Crippen molar-refractivity contribution in [2.75, 3.05) is 18.0 Å². The van der Waals surface area contributed by atoms with E-state index in [0.717, 1.165) is 31.9 Å². The molecule has 1 aromatic heterocycles. The smallest absolute Gasteiger partial charge is 0.225 e. The maximum atomic E-state index is 13.1. The Balaban J connectivity index is 1.42. The molecule has 0 radical (unpaired) electrons. The molecule has 1 amide bonds. The zero-order valence-corrected chi connectivity index (χ0v) is 17.3. The molecule has 30 heavy (non-hydrogen) atoms. The summed E-state index contributed by atoms with van der Waals surface area (Å²) < 4.78 is 0. The van der Waals surface area contributed by atoms with E-state index < -0.39 is 0 Å². The summed E-state index contributed by atoms with van der Waals surface area (Å²) >= 11 is 0. The quantitative estimate of drug-likeness (QED) is 0.679. The number of nitrogens with zero attached hydrogens (tertiary/aromatic N) is 3. The number of rotatable bonds is 6. The number of piperidine rings is 1. The normalized spacial score (nSPS) is 15.7. The standard InChI is InChI=1S/C25H28N4O/c1-19(23(20-9-4-2-5-10-20)21-11-6-3-7-12-21)28-24(30)22-13-17-29(18-14-22)25-26-15-8-16-27-25/h2-12,15-16,19,22-23H,13-14,17-18H2,1H3,(H,28,30). The molecule has 0 saturated carbocycles. The number of nitrogens with one attached hydrogen (secondary N) is 1. The van der Waals surface area contributed by atoms with Gasteiger partial charge in [-0.25, -0.2) is 9.97 Å². The second-order valence-electron chi connectivity index (χ2n) is 7.91. The van der Waals surface area contributed by atoms with Gasteiger partial charge in [0.2, 0.25) is 11.9 Å². The van der Waals surface area contributed by atoms with Crippen LogP contribution in [-0.4, -0.2) is 35.0 Å². The summed E-state index contributed by atoms with van der Waals surface area (Å²) in [7, 11) is 0. The van der Waals surface area contributed by atoms with Gasteiger partial charge in [0.15, 0.2) is 0 Å². The van der Waals surface area contributed by atoms with Gasteiger partial charge < -0.3 is 10.2 Å². The SMILES string of the molecule is CC(NC(=O)C1CCN(c2ncccn2)CC1)C(c1ccccc1)c1ccccc1. The highest BCUT2D eigenvalue weighted by Gasteiger charge is 2.29. The second kappa shape index (κ2) is 9.53. The minimum Gasteiger partial charge on any atom is -0.352 e. The fraction of sp³-hybridized carbons (Fsp3) is 0.320. The van der Waals surface area contributed by atoms with Crippen molar-refractivity contribution >= 4 is 11.9 Å². The number of anilines is 1. The molecule has 1 aliphatic heterocycles. The van der Waals surface area contributed by atoms with Crippen LogP contribution in [0, 0.1) is 5.92 Å². The van der Waals surface area contributed by atoms with Crippen molar-refractivity contribution in [2.45, 2.75) is 31.7 Å². The fourth-order valence-corrected chi connectivity index (χ4v) is 4.31. The summed E-state index contributed by atoms with van der Waals surface area (Å²) in [4.78, 5) is 23.9. The Kier molecular flexibility index (Phi) is 6.38. The van der Waals surface area contributed by atoms with E-state index >= 15 is 0 Å². The third-order valence-electron chi connectivity index (χ3n) is 5.89. The molecule has 154 valence electrons. The van der Waals surface area contributed by atoms with Gasteiger partial charge >= 0.3 is 0 Å². The Labute approximate surface area is 178 Å². The Morgan fingerprint density at radius 3 is 1.97 bits per heavy atom. The monoisotopic (exact) mass is 400 g/mol. The van der Waals surface area contributed by atoms with Gasteiger partial charge in [0, 0.05) is 43.4 Å². The first-order valence-corrected chi connectivity index (χ1v) is 10.6. The first kappa shape index (κ1) is 20.1. The van der Waals surface area contributed by atoms with Gasteiger partial charge in [0.1, 0.15) is 0 Å². The van der Waals surface area contributed by atoms with Crippen molar-refractivity contribution in [3.63, 3.8) is 0 Å². The molecule has 1 aliphatic rings. The Bertz CT molecular complexity index is 886. The van der Waals surface area contributed by atoms with Crippen LogP contribution in [0.5, 0.6) is 0 Å². The second-order valence-corrected chi connectivity index (χ2v) is 7.91. The summed E-state index contributed by atoms with van der Waals surface area (Å²) in [6.07, 6.45) is 5.16. The fourth-order valence-electron chi connectivity index (χ4n) is 4.31. The number of benzene rings is 2. The van der Waals surface area contributed by atoms with Crippen LogP contribution in [0.4, 0.5) is 5.95 Å². The van der Waals surface area contributed by atoms with Crippen LogP contribution in [-0.2, 0) is 4.79 Å². The van der Waals surface area contributed by atoms with Gasteiger partial charge in [-0.1, -0.05) is 60.7 Å². The summed E-state index contributed by atoms with van der Waals surface area (Å²) in [6, 6.07) is 22.6. The highest BCUT2D eigenvalue weighted by molar-refractivity contribution is 5.79. The van der Waals surface area contributed by atoms with Crippen molar-refractivity contribution in [1.82, 2.24) is 15.3 Å². The van der Waals surface area contributed by atoms with Gasteiger partial charge in [0.05, 0.1) is 0 Å². The molecular weight excluding hydrogens is 372 g/mol. The number of amides is 1. The average molecular weight is 401 g/mol. The summed E-state index contributed by atoms with van der Waals surface area (Å²) in [6.45, 7) is 3.71. The highest BCUT2D eigenvalue weighted by Crippen LogP contribution is 2.29. The van der Waals surface area contributed by atoms with Gasteiger partial charge in [-0.3, -0.25) is 4.79 Å². The van der Waals surface area contributed by atoms with E-state index in [4.69, 9.17) is 0 Å². The molecule has 0 bridgehead atoms. The lowest BCUT2D eigenvalue weighted by atomic mass is 9.85. The molecule has 1 unspecified atom stereocenters. The lowest BCUT2D eigenvalue weighted by molar-refractivity contribution is -0.126. The first-order chi connectivity index (χ1) is 14.7. The predicted molar refractivity (Wildman–Crippen MR) is 119 cm³/mol. The highest BCUT2D eigenvalue weighted by atomic mass is 16.1. The predicted octanol–water partition coefficient (Wildman–Crippen LogP) is 4.03. The molecular formula is C25H28N4O. The van der Waals surface area contributed by atoms with Gasteiger partial charge in [0.25, 0.3) is 0 Å². The molecule has 1 saturated heterocycles. The van der Waals surface area contributed by atoms with E-state index in [1.165, 1.54) is 11.1 Å². The Hall–Kier alpha value is -3.21. The van der Waals surface area contributed by atoms with Crippen molar-refractivity contribution < 1.29 is 4.79 Å². The van der Waals surface area contributed by atoms with Gasteiger partial charge in [-0.15, -0.1) is 0 Å². The number of hydrogen-bond acceptors (Lipinski definition) is 4. The van der Waals surface area contributed by atoms with Crippen LogP contribution in [0.2, 0.25) is 0 Å². The third-order valence-corrected chi connectivity index (χ3v) is 5.89. The van der Waals surface area contributed by atoms with Crippen molar-refractivity contribution in [2.24, 2.45) is 5.92 Å². The molecule has 2 heterocycles. The number of carbonyl (C=O) groups is 1. The topological polar surface area (TPSA) is 58.1 Å². The zero-order chi connectivity index (χ0) is 20.8. The van der Waals surface area contributed by atoms with Crippen LogP contribution >= 0.6 is 0 Å². The molecule has 5 heteroatoms. The average Bonchev–Trinajstić information content (AvgIpc) is 2.81. The first-order valence-electron chi connectivity index (χ1n) is 10.6. The molecule has 4 rings (SSSR count).